The standard InChI is InChI=1S/C14H21FN2.ClH/c1-17(10-12-6-8-16-9-7-12)11-13-4-2-3-5-14(13)15;/h2-5,12,16H,6-11H2,1H3;1H. The van der Waals surface area contributed by atoms with E-state index in [1.165, 1.54) is 18.9 Å². The SMILES string of the molecule is CN(Cc1ccccc1F)CC1CCNCC1.Cl. The van der Waals surface area contributed by atoms with Crippen molar-refractivity contribution in [3.05, 3.63) is 35.6 Å². The van der Waals surface area contributed by atoms with Crippen LogP contribution in [0, 0.1) is 11.7 Å². The van der Waals surface area contributed by atoms with Crippen LogP contribution in [0.4, 0.5) is 4.39 Å². The summed E-state index contributed by atoms with van der Waals surface area (Å²) >= 11 is 0. The smallest absolute Gasteiger partial charge is 0.127 e. The summed E-state index contributed by atoms with van der Waals surface area (Å²) in [5, 5.41) is 3.37. The minimum atomic E-state index is -0.0929. The fourth-order valence-corrected chi connectivity index (χ4v) is 2.49. The average Bonchev–Trinajstić information content (AvgIpc) is 2.33. The molecule has 1 saturated heterocycles. The predicted molar refractivity (Wildman–Crippen MR) is 75.6 cm³/mol. The molecule has 0 unspecified atom stereocenters. The van der Waals surface area contributed by atoms with E-state index in [4.69, 9.17) is 0 Å². The number of hydrogen-bond acceptors (Lipinski definition) is 2. The third kappa shape index (κ3) is 4.56. The average molecular weight is 273 g/mol. The van der Waals surface area contributed by atoms with Crippen LogP contribution < -0.4 is 5.32 Å². The molecule has 0 aliphatic carbocycles. The molecule has 1 aliphatic rings. The van der Waals surface area contributed by atoms with Crippen molar-refractivity contribution < 1.29 is 4.39 Å². The first-order valence-corrected chi connectivity index (χ1v) is 6.38. The Bertz CT molecular complexity index is 353. The fourth-order valence-electron chi connectivity index (χ4n) is 2.49. The van der Waals surface area contributed by atoms with Crippen molar-refractivity contribution in [3.8, 4) is 0 Å². The highest BCUT2D eigenvalue weighted by atomic mass is 35.5. The summed E-state index contributed by atoms with van der Waals surface area (Å²) in [6.07, 6.45) is 2.48. The van der Waals surface area contributed by atoms with Gasteiger partial charge in [0.2, 0.25) is 0 Å². The molecule has 0 radical (unpaired) electrons. The van der Waals surface area contributed by atoms with E-state index in [2.05, 4.69) is 17.3 Å². The first-order chi connectivity index (χ1) is 8.25. The zero-order valence-electron chi connectivity index (χ0n) is 10.9. The van der Waals surface area contributed by atoms with Crippen LogP contribution >= 0.6 is 12.4 Å². The van der Waals surface area contributed by atoms with Crippen LogP contribution in [0.25, 0.3) is 0 Å². The van der Waals surface area contributed by atoms with Crippen molar-refractivity contribution >= 4 is 12.4 Å². The number of piperidine rings is 1. The molecule has 1 aromatic carbocycles. The summed E-state index contributed by atoms with van der Waals surface area (Å²) in [5.41, 5.74) is 0.795. The van der Waals surface area contributed by atoms with Crippen LogP contribution in [-0.4, -0.2) is 31.6 Å². The normalized spacial score (nSPS) is 16.6. The van der Waals surface area contributed by atoms with Gasteiger partial charge in [0.15, 0.2) is 0 Å². The third-order valence-electron chi connectivity index (χ3n) is 3.43. The molecular weight excluding hydrogens is 251 g/mol. The Morgan fingerprint density at radius 1 is 1.28 bits per heavy atom. The number of rotatable bonds is 4. The van der Waals surface area contributed by atoms with Crippen LogP contribution in [-0.2, 0) is 6.54 Å². The molecule has 1 aliphatic heterocycles. The lowest BCUT2D eigenvalue weighted by Gasteiger charge is -2.27. The van der Waals surface area contributed by atoms with Crippen molar-refractivity contribution in [1.29, 1.82) is 0 Å². The topological polar surface area (TPSA) is 15.3 Å². The maximum absolute atomic E-state index is 13.5. The summed E-state index contributed by atoms with van der Waals surface area (Å²) in [4.78, 5) is 2.23. The van der Waals surface area contributed by atoms with Gasteiger partial charge in [0.1, 0.15) is 5.82 Å². The van der Waals surface area contributed by atoms with Crippen LogP contribution in [0.5, 0.6) is 0 Å². The molecule has 4 heteroatoms. The molecule has 0 spiro atoms. The first-order valence-electron chi connectivity index (χ1n) is 6.38. The van der Waals surface area contributed by atoms with Gasteiger partial charge < -0.3 is 10.2 Å². The zero-order valence-corrected chi connectivity index (χ0v) is 11.7. The van der Waals surface area contributed by atoms with E-state index in [-0.39, 0.29) is 18.2 Å². The van der Waals surface area contributed by atoms with Crippen LogP contribution in [0.1, 0.15) is 18.4 Å². The monoisotopic (exact) mass is 272 g/mol. The maximum Gasteiger partial charge on any atom is 0.127 e. The minimum Gasteiger partial charge on any atom is -0.317 e. The molecule has 18 heavy (non-hydrogen) atoms. The van der Waals surface area contributed by atoms with Gasteiger partial charge in [-0.3, -0.25) is 0 Å². The Morgan fingerprint density at radius 2 is 1.94 bits per heavy atom. The molecule has 1 aromatic rings. The van der Waals surface area contributed by atoms with Gasteiger partial charge in [-0.2, -0.15) is 0 Å². The van der Waals surface area contributed by atoms with Gasteiger partial charge in [-0.25, -0.2) is 4.39 Å². The van der Waals surface area contributed by atoms with E-state index >= 15 is 0 Å². The van der Waals surface area contributed by atoms with E-state index < -0.39 is 0 Å². The number of nitrogens with zero attached hydrogens (tertiary/aromatic N) is 1. The van der Waals surface area contributed by atoms with Gasteiger partial charge in [-0.1, -0.05) is 18.2 Å². The Hall–Kier alpha value is -0.640. The van der Waals surface area contributed by atoms with Crippen LogP contribution in [0.15, 0.2) is 24.3 Å². The second-order valence-electron chi connectivity index (χ2n) is 4.98. The highest BCUT2D eigenvalue weighted by Gasteiger charge is 2.15. The molecule has 0 atom stereocenters. The van der Waals surface area contributed by atoms with E-state index in [9.17, 15) is 4.39 Å². The molecule has 2 nitrogen and oxygen atoms in total. The highest BCUT2D eigenvalue weighted by molar-refractivity contribution is 5.85. The summed E-state index contributed by atoms with van der Waals surface area (Å²) in [6.45, 7) is 4.02. The Morgan fingerprint density at radius 3 is 2.61 bits per heavy atom. The number of hydrogen-bond donors (Lipinski definition) is 1. The molecule has 1 N–H and O–H groups in total. The van der Waals surface area contributed by atoms with E-state index in [1.807, 2.05) is 12.1 Å². The van der Waals surface area contributed by atoms with E-state index in [0.29, 0.717) is 6.54 Å². The van der Waals surface area contributed by atoms with Crippen molar-refractivity contribution in [2.45, 2.75) is 19.4 Å². The minimum absolute atomic E-state index is 0. The molecule has 0 aromatic heterocycles. The van der Waals surface area contributed by atoms with Gasteiger partial charge in [0.05, 0.1) is 0 Å². The summed E-state index contributed by atoms with van der Waals surface area (Å²) in [7, 11) is 2.08. The predicted octanol–water partition coefficient (Wildman–Crippen LogP) is 2.68. The summed E-state index contributed by atoms with van der Waals surface area (Å²) in [6, 6.07) is 7.05. The fraction of sp³-hybridized carbons (Fsp3) is 0.571. The van der Waals surface area contributed by atoms with Gasteiger partial charge >= 0.3 is 0 Å². The van der Waals surface area contributed by atoms with E-state index in [0.717, 1.165) is 31.1 Å². The van der Waals surface area contributed by atoms with Crippen molar-refractivity contribution in [2.75, 3.05) is 26.7 Å². The Balaban J connectivity index is 0.00000162. The van der Waals surface area contributed by atoms with E-state index in [1.54, 1.807) is 6.07 Å². The molecule has 102 valence electrons. The van der Waals surface area contributed by atoms with Crippen molar-refractivity contribution in [3.63, 3.8) is 0 Å². The summed E-state index contributed by atoms with van der Waals surface area (Å²) in [5.74, 6) is 0.665. The lowest BCUT2D eigenvalue weighted by Crippen LogP contribution is -2.34. The van der Waals surface area contributed by atoms with Gasteiger partial charge in [-0.15, -0.1) is 12.4 Å². The second kappa shape index (κ2) is 7.72. The number of halogens is 2. The molecule has 0 amide bonds. The van der Waals surface area contributed by atoms with Crippen molar-refractivity contribution in [2.24, 2.45) is 5.92 Å². The zero-order chi connectivity index (χ0) is 12.1. The van der Waals surface area contributed by atoms with Crippen molar-refractivity contribution in [1.82, 2.24) is 10.2 Å². The Kier molecular flexibility index (Phi) is 6.61. The van der Waals surface area contributed by atoms with Gasteiger partial charge in [-0.05, 0) is 45.0 Å². The molecule has 0 saturated carbocycles. The lowest BCUT2D eigenvalue weighted by molar-refractivity contribution is 0.232. The first kappa shape index (κ1) is 15.4. The highest BCUT2D eigenvalue weighted by Crippen LogP contribution is 2.15. The largest absolute Gasteiger partial charge is 0.317 e. The van der Waals surface area contributed by atoms with Crippen LogP contribution in [0.2, 0.25) is 0 Å². The Labute approximate surface area is 115 Å². The molecule has 1 heterocycles. The maximum atomic E-state index is 13.5. The third-order valence-corrected chi connectivity index (χ3v) is 3.43. The molecular formula is C14H22ClFN2. The number of benzene rings is 1. The summed E-state index contributed by atoms with van der Waals surface area (Å²) < 4.78 is 13.5. The second-order valence-corrected chi connectivity index (χ2v) is 4.98. The van der Waals surface area contributed by atoms with Crippen LogP contribution in [0.3, 0.4) is 0 Å². The quantitative estimate of drug-likeness (QED) is 0.907. The number of nitrogens with one attached hydrogen (secondary N) is 1. The molecule has 1 fully saturated rings. The lowest BCUT2D eigenvalue weighted by atomic mass is 9.97. The molecule has 0 bridgehead atoms. The van der Waals surface area contributed by atoms with Gasteiger partial charge in [0, 0.05) is 18.7 Å². The molecule has 2 rings (SSSR count). The van der Waals surface area contributed by atoms with Gasteiger partial charge in [0.25, 0.3) is 0 Å².